The third-order valence-corrected chi connectivity index (χ3v) is 2.50. The largest absolute Gasteiger partial charge is 0.507 e. The van der Waals surface area contributed by atoms with E-state index in [1.807, 2.05) is 30.3 Å². The normalized spacial score (nSPS) is 9.95. The molecular formula is C14H13NO4. The van der Waals surface area contributed by atoms with Gasteiger partial charge in [-0.3, -0.25) is 0 Å². The number of hydrogen-bond acceptors (Lipinski definition) is 5. The molecule has 0 radical (unpaired) electrons. The summed E-state index contributed by atoms with van der Waals surface area (Å²) in [6, 6.07) is 10.6. The maximum Gasteiger partial charge on any atom is 0.347 e. The van der Waals surface area contributed by atoms with Gasteiger partial charge in [0.25, 0.3) is 0 Å². The average molecular weight is 259 g/mol. The van der Waals surface area contributed by atoms with Crippen LogP contribution in [0.1, 0.15) is 15.9 Å². The second kappa shape index (κ2) is 5.86. The van der Waals surface area contributed by atoms with Crippen LogP contribution in [0.5, 0.6) is 11.6 Å². The van der Waals surface area contributed by atoms with E-state index >= 15 is 0 Å². The van der Waals surface area contributed by atoms with Crippen molar-refractivity contribution in [1.29, 1.82) is 0 Å². The second-order valence-electron chi connectivity index (χ2n) is 3.78. The van der Waals surface area contributed by atoms with Gasteiger partial charge in [0.05, 0.1) is 7.11 Å². The maximum absolute atomic E-state index is 11.9. The average Bonchev–Trinajstić information content (AvgIpc) is 2.45. The Morgan fingerprint density at radius 3 is 2.68 bits per heavy atom. The van der Waals surface area contributed by atoms with Gasteiger partial charge in [-0.05, 0) is 11.6 Å². The number of methoxy groups -OCH3 is 1. The molecule has 0 aliphatic heterocycles. The standard InChI is InChI=1S/C14H13NO4/c1-18-13-12(11(16)7-8-15-13)14(17)19-9-10-5-3-2-4-6-10/h2-8H,9H2,1H3,(H,15,16). The molecule has 0 fully saturated rings. The summed E-state index contributed by atoms with van der Waals surface area (Å²) >= 11 is 0. The monoisotopic (exact) mass is 259 g/mol. The summed E-state index contributed by atoms with van der Waals surface area (Å²) in [5, 5.41) is 9.67. The molecule has 0 spiro atoms. The Labute approximate surface area is 110 Å². The van der Waals surface area contributed by atoms with Gasteiger partial charge in [-0.25, -0.2) is 9.78 Å². The van der Waals surface area contributed by atoms with Gasteiger partial charge < -0.3 is 14.6 Å². The van der Waals surface area contributed by atoms with Gasteiger partial charge in [-0.1, -0.05) is 30.3 Å². The number of hydrogen-bond donors (Lipinski definition) is 1. The van der Waals surface area contributed by atoms with E-state index in [0.717, 1.165) is 5.56 Å². The van der Waals surface area contributed by atoms with Crippen LogP contribution >= 0.6 is 0 Å². The predicted molar refractivity (Wildman–Crippen MR) is 68.0 cm³/mol. The molecule has 0 saturated heterocycles. The third kappa shape index (κ3) is 3.01. The van der Waals surface area contributed by atoms with Gasteiger partial charge in [-0.15, -0.1) is 0 Å². The number of ether oxygens (including phenoxy) is 2. The van der Waals surface area contributed by atoms with Crippen molar-refractivity contribution < 1.29 is 19.4 Å². The predicted octanol–water partition coefficient (Wildman–Crippen LogP) is 2.15. The van der Waals surface area contributed by atoms with Crippen LogP contribution in [0.4, 0.5) is 0 Å². The van der Waals surface area contributed by atoms with E-state index in [-0.39, 0.29) is 23.8 Å². The lowest BCUT2D eigenvalue weighted by Gasteiger charge is -2.09. The molecule has 1 heterocycles. The number of pyridine rings is 1. The highest BCUT2D eigenvalue weighted by Crippen LogP contribution is 2.25. The van der Waals surface area contributed by atoms with E-state index < -0.39 is 5.97 Å². The van der Waals surface area contributed by atoms with Gasteiger partial charge in [-0.2, -0.15) is 0 Å². The molecule has 1 aromatic carbocycles. The first-order chi connectivity index (χ1) is 9.22. The molecule has 5 heteroatoms. The summed E-state index contributed by atoms with van der Waals surface area (Å²) in [4.78, 5) is 15.8. The molecular weight excluding hydrogens is 246 g/mol. The lowest BCUT2D eigenvalue weighted by Crippen LogP contribution is -2.08. The molecule has 2 aromatic rings. The van der Waals surface area contributed by atoms with Crippen LogP contribution in [0, 0.1) is 0 Å². The molecule has 0 bridgehead atoms. The Bertz CT molecular complexity index is 569. The van der Waals surface area contributed by atoms with Gasteiger partial charge in [0.2, 0.25) is 5.88 Å². The molecule has 98 valence electrons. The van der Waals surface area contributed by atoms with Crippen molar-refractivity contribution in [3.63, 3.8) is 0 Å². The lowest BCUT2D eigenvalue weighted by molar-refractivity contribution is 0.0464. The summed E-state index contributed by atoms with van der Waals surface area (Å²) in [5.74, 6) is -0.853. The van der Waals surface area contributed by atoms with Crippen LogP contribution < -0.4 is 4.74 Å². The number of benzene rings is 1. The van der Waals surface area contributed by atoms with Crippen LogP contribution in [0.25, 0.3) is 0 Å². The number of aromatic nitrogens is 1. The van der Waals surface area contributed by atoms with Crippen molar-refractivity contribution in [2.75, 3.05) is 7.11 Å². The van der Waals surface area contributed by atoms with E-state index in [0.29, 0.717) is 0 Å². The summed E-state index contributed by atoms with van der Waals surface area (Å²) < 4.78 is 10.0. The fraction of sp³-hybridized carbons (Fsp3) is 0.143. The zero-order valence-corrected chi connectivity index (χ0v) is 10.4. The quantitative estimate of drug-likeness (QED) is 0.852. The van der Waals surface area contributed by atoms with E-state index in [2.05, 4.69) is 4.98 Å². The van der Waals surface area contributed by atoms with Crippen molar-refractivity contribution >= 4 is 5.97 Å². The van der Waals surface area contributed by atoms with Gasteiger partial charge in [0, 0.05) is 6.20 Å². The Morgan fingerprint density at radius 1 is 1.26 bits per heavy atom. The lowest BCUT2D eigenvalue weighted by atomic mass is 10.2. The van der Waals surface area contributed by atoms with Crippen LogP contribution in [0.2, 0.25) is 0 Å². The minimum Gasteiger partial charge on any atom is -0.507 e. The molecule has 5 nitrogen and oxygen atoms in total. The molecule has 0 saturated carbocycles. The van der Waals surface area contributed by atoms with Crippen LogP contribution in [-0.4, -0.2) is 23.2 Å². The minimum absolute atomic E-state index is 0.0399. The van der Waals surface area contributed by atoms with Crippen molar-refractivity contribution in [2.45, 2.75) is 6.61 Å². The molecule has 0 atom stereocenters. The fourth-order valence-corrected chi connectivity index (χ4v) is 1.57. The van der Waals surface area contributed by atoms with Crippen molar-refractivity contribution in [3.8, 4) is 11.6 Å². The van der Waals surface area contributed by atoms with Crippen molar-refractivity contribution in [3.05, 3.63) is 53.7 Å². The highest BCUT2D eigenvalue weighted by Gasteiger charge is 2.19. The Morgan fingerprint density at radius 2 is 2.00 bits per heavy atom. The summed E-state index contributed by atoms with van der Waals surface area (Å²) in [7, 11) is 1.37. The molecule has 2 rings (SSSR count). The first-order valence-electron chi connectivity index (χ1n) is 5.65. The van der Waals surface area contributed by atoms with Crippen molar-refractivity contribution in [2.24, 2.45) is 0 Å². The fourth-order valence-electron chi connectivity index (χ4n) is 1.57. The number of esters is 1. The van der Waals surface area contributed by atoms with E-state index in [4.69, 9.17) is 9.47 Å². The Kier molecular flexibility index (Phi) is 3.97. The third-order valence-electron chi connectivity index (χ3n) is 2.50. The van der Waals surface area contributed by atoms with E-state index in [1.165, 1.54) is 19.4 Å². The van der Waals surface area contributed by atoms with Gasteiger partial charge in [0.1, 0.15) is 12.4 Å². The summed E-state index contributed by atoms with van der Waals surface area (Å²) in [5.41, 5.74) is 0.791. The SMILES string of the molecule is COc1nccc(O)c1C(=O)OCc1ccccc1. The Hall–Kier alpha value is -2.56. The van der Waals surface area contributed by atoms with Crippen molar-refractivity contribution in [1.82, 2.24) is 4.98 Å². The molecule has 0 aliphatic rings. The molecule has 0 amide bonds. The number of aromatic hydroxyl groups is 1. The molecule has 1 N–H and O–H groups in total. The topological polar surface area (TPSA) is 68.7 Å². The van der Waals surface area contributed by atoms with Crippen LogP contribution in [0.3, 0.4) is 0 Å². The molecule has 0 aliphatic carbocycles. The number of rotatable bonds is 4. The first-order valence-corrected chi connectivity index (χ1v) is 5.65. The summed E-state index contributed by atoms with van der Waals surface area (Å²) in [6.07, 6.45) is 1.35. The first kappa shape index (κ1) is 12.9. The maximum atomic E-state index is 11.9. The molecule has 1 aromatic heterocycles. The number of nitrogens with zero attached hydrogens (tertiary/aromatic N) is 1. The smallest absolute Gasteiger partial charge is 0.347 e. The summed E-state index contributed by atoms with van der Waals surface area (Å²) in [6.45, 7) is 0.122. The van der Waals surface area contributed by atoms with Crippen LogP contribution in [0.15, 0.2) is 42.6 Å². The minimum atomic E-state index is -0.675. The zero-order chi connectivity index (χ0) is 13.7. The molecule has 0 unspecified atom stereocenters. The van der Waals surface area contributed by atoms with Gasteiger partial charge >= 0.3 is 5.97 Å². The van der Waals surface area contributed by atoms with Crippen LogP contribution in [-0.2, 0) is 11.3 Å². The second-order valence-corrected chi connectivity index (χ2v) is 3.78. The highest BCUT2D eigenvalue weighted by atomic mass is 16.5. The number of carbonyl (C=O) groups is 1. The Balaban J connectivity index is 2.12. The van der Waals surface area contributed by atoms with E-state index in [9.17, 15) is 9.90 Å². The number of carbonyl (C=O) groups excluding carboxylic acids is 1. The molecule has 19 heavy (non-hydrogen) atoms. The highest BCUT2D eigenvalue weighted by molar-refractivity contribution is 5.94. The zero-order valence-electron chi connectivity index (χ0n) is 10.4. The van der Waals surface area contributed by atoms with E-state index in [1.54, 1.807) is 0 Å². The van der Waals surface area contributed by atoms with Gasteiger partial charge in [0.15, 0.2) is 5.56 Å².